The van der Waals surface area contributed by atoms with Crippen molar-refractivity contribution in [1.29, 1.82) is 0 Å². The van der Waals surface area contributed by atoms with E-state index in [0.717, 1.165) is 27.6 Å². The van der Waals surface area contributed by atoms with Gasteiger partial charge in [-0.2, -0.15) is 0 Å². The second-order valence-corrected chi connectivity index (χ2v) is 10.7. The zero-order valence-electron chi connectivity index (χ0n) is 23.3. The van der Waals surface area contributed by atoms with E-state index >= 15 is 0 Å². The molecular weight excluding hydrogens is 570 g/mol. The van der Waals surface area contributed by atoms with E-state index in [1.165, 1.54) is 0 Å². The molecule has 3 amide bonds. The molecule has 1 aromatic heterocycles. The third-order valence-electron chi connectivity index (χ3n) is 7.04. The van der Waals surface area contributed by atoms with Gasteiger partial charge in [-0.15, -0.1) is 0 Å². The maximum absolute atomic E-state index is 13.8. The summed E-state index contributed by atoms with van der Waals surface area (Å²) in [7, 11) is 0. The van der Waals surface area contributed by atoms with Crippen molar-refractivity contribution in [2.45, 2.75) is 43.4 Å². The topological polar surface area (TPSA) is 166 Å². The molecule has 0 aliphatic heterocycles. The van der Waals surface area contributed by atoms with Crippen LogP contribution in [0.1, 0.15) is 16.7 Å². The smallest absolute Gasteiger partial charge is 0.243 e. The number of fused-ring (bicyclic) bond motifs is 1. The lowest BCUT2D eigenvalue weighted by molar-refractivity contribution is -0.133. The molecule has 0 saturated heterocycles. The standard InChI is InChI=1S/C32H34ClN5O5/c33-23-12-10-21(11-13-23)15-28(37-30(41)26(34)14-20-6-2-1-3-7-20)32(43)38-29(31(42)36-24(18-39)19-40)16-22-17-35-27-9-5-4-8-25(22)27/h1-13,17-18,24,26,28-29,35,40H,14-16,19,34H2,(H,36,42)(H,37,41)(H,38,43)/t24-,26-,28+,29-/m1/s1. The first-order chi connectivity index (χ1) is 20.8. The summed E-state index contributed by atoms with van der Waals surface area (Å²) >= 11 is 6.04. The van der Waals surface area contributed by atoms with E-state index in [1.807, 2.05) is 54.6 Å². The summed E-state index contributed by atoms with van der Waals surface area (Å²) in [5.74, 6) is -1.82. The molecule has 4 aromatic rings. The second kappa shape index (κ2) is 15.1. The number of halogens is 1. The van der Waals surface area contributed by atoms with Gasteiger partial charge < -0.3 is 36.6 Å². The van der Waals surface area contributed by atoms with Crippen LogP contribution in [0.15, 0.2) is 85.1 Å². The Balaban J connectivity index is 1.57. The Kier molecular flexibility index (Phi) is 11.0. The highest BCUT2D eigenvalue weighted by atomic mass is 35.5. The number of aliphatic hydroxyl groups is 1. The lowest BCUT2D eigenvalue weighted by atomic mass is 10.0. The van der Waals surface area contributed by atoms with E-state index in [2.05, 4.69) is 20.9 Å². The van der Waals surface area contributed by atoms with Gasteiger partial charge in [0.1, 0.15) is 24.4 Å². The van der Waals surface area contributed by atoms with Crippen LogP contribution in [0.5, 0.6) is 0 Å². The minimum atomic E-state index is -1.14. The van der Waals surface area contributed by atoms with Crippen molar-refractivity contribution >= 4 is 46.5 Å². The SMILES string of the molecule is N[C@H](Cc1ccccc1)C(=O)N[C@@H](Cc1ccc(Cl)cc1)C(=O)N[C@H](Cc1c[nH]c2ccccc12)C(=O)N[C@H](C=O)CO. The molecule has 10 nitrogen and oxygen atoms in total. The molecule has 0 unspecified atom stereocenters. The summed E-state index contributed by atoms with van der Waals surface area (Å²) in [4.78, 5) is 54.7. The molecule has 0 fully saturated rings. The van der Waals surface area contributed by atoms with E-state index in [4.69, 9.17) is 17.3 Å². The van der Waals surface area contributed by atoms with Crippen LogP contribution >= 0.6 is 11.6 Å². The molecule has 224 valence electrons. The molecule has 11 heteroatoms. The number of aliphatic hydroxyl groups excluding tert-OH is 1. The van der Waals surface area contributed by atoms with E-state index in [9.17, 15) is 24.3 Å². The number of para-hydroxylation sites is 1. The highest BCUT2D eigenvalue weighted by Gasteiger charge is 2.30. The average molecular weight is 604 g/mol. The molecular formula is C32H34ClN5O5. The molecule has 0 radical (unpaired) electrons. The van der Waals surface area contributed by atoms with Crippen molar-refractivity contribution in [1.82, 2.24) is 20.9 Å². The van der Waals surface area contributed by atoms with Crippen molar-refractivity contribution in [3.63, 3.8) is 0 Å². The van der Waals surface area contributed by atoms with Gasteiger partial charge in [-0.05, 0) is 41.3 Å². The Morgan fingerprint density at radius 1 is 0.791 bits per heavy atom. The third kappa shape index (κ3) is 8.74. The van der Waals surface area contributed by atoms with Gasteiger partial charge >= 0.3 is 0 Å². The minimum absolute atomic E-state index is 0.0771. The first-order valence-corrected chi connectivity index (χ1v) is 14.2. The summed E-state index contributed by atoms with van der Waals surface area (Å²) in [5, 5.41) is 18.8. The fourth-order valence-electron chi connectivity index (χ4n) is 4.71. The molecule has 4 rings (SSSR count). The van der Waals surface area contributed by atoms with Crippen molar-refractivity contribution in [3.8, 4) is 0 Å². The Hall–Kier alpha value is -4.51. The summed E-state index contributed by atoms with van der Waals surface area (Å²) in [6, 6.07) is 19.3. The fourth-order valence-corrected chi connectivity index (χ4v) is 4.84. The zero-order valence-corrected chi connectivity index (χ0v) is 24.1. The molecule has 0 aliphatic rings. The second-order valence-electron chi connectivity index (χ2n) is 10.2. The molecule has 0 spiro atoms. The van der Waals surface area contributed by atoms with Crippen LogP contribution in [0.2, 0.25) is 5.02 Å². The number of amides is 3. The summed E-state index contributed by atoms with van der Waals surface area (Å²) in [6.45, 7) is -0.600. The van der Waals surface area contributed by atoms with Crippen molar-refractivity contribution in [2.75, 3.05) is 6.61 Å². The molecule has 43 heavy (non-hydrogen) atoms. The molecule has 0 bridgehead atoms. The first kappa shape index (κ1) is 31.4. The summed E-state index contributed by atoms with van der Waals surface area (Å²) < 4.78 is 0. The predicted octanol–water partition coefficient (Wildman–Crippen LogP) is 1.82. The molecule has 1 heterocycles. The quantitative estimate of drug-likeness (QED) is 0.120. The Labute approximate surface area is 254 Å². The van der Waals surface area contributed by atoms with Gasteiger partial charge in [0.05, 0.1) is 12.6 Å². The normalized spacial score (nSPS) is 13.8. The van der Waals surface area contributed by atoms with Crippen LogP contribution in [0.25, 0.3) is 10.9 Å². The van der Waals surface area contributed by atoms with E-state index in [-0.39, 0.29) is 19.3 Å². The van der Waals surface area contributed by atoms with Gasteiger partial charge in [0, 0.05) is 35.0 Å². The van der Waals surface area contributed by atoms with Crippen LogP contribution in [0.4, 0.5) is 0 Å². The number of hydrogen-bond acceptors (Lipinski definition) is 6. The van der Waals surface area contributed by atoms with Gasteiger partial charge in [-0.1, -0.05) is 72.3 Å². The van der Waals surface area contributed by atoms with E-state index < -0.39 is 48.5 Å². The average Bonchev–Trinajstić information content (AvgIpc) is 3.43. The van der Waals surface area contributed by atoms with Gasteiger partial charge in [0.25, 0.3) is 0 Å². The van der Waals surface area contributed by atoms with Crippen molar-refractivity contribution < 1.29 is 24.3 Å². The summed E-state index contributed by atoms with van der Waals surface area (Å²) in [6.07, 6.45) is 2.60. The van der Waals surface area contributed by atoms with Gasteiger partial charge in [-0.3, -0.25) is 14.4 Å². The highest BCUT2D eigenvalue weighted by Crippen LogP contribution is 2.19. The first-order valence-electron chi connectivity index (χ1n) is 13.8. The molecule has 7 N–H and O–H groups in total. The predicted molar refractivity (Wildman–Crippen MR) is 164 cm³/mol. The van der Waals surface area contributed by atoms with E-state index in [0.29, 0.717) is 11.3 Å². The van der Waals surface area contributed by atoms with Crippen LogP contribution in [-0.4, -0.2) is 64.9 Å². The maximum atomic E-state index is 13.8. The number of rotatable bonds is 14. The maximum Gasteiger partial charge on any atom is 0.243 e. The van der Waals surface area contributed by atoms with Crippen molar-refractivity contribution in [2.24, 2.45) is 5.73 Å². The number of aldehydes is 1. The number of benzene rings is 3. The Morgan fingerprint density at radius 3 is 2.09 bits per heavy atom. The Morgan fingerprint density at radius 2 is 1.40 bits per heavy atom. The molecule has 3 aromatic carbocycles. The fraction of sp³-hybridized carbons (Fsp3) is 0.250. The third-order valence-corrected chi connectivity index (χ3v) is 7.29. The minimum Gasteiger partial charge on any atom is -0.394 e. The number of hydrogen-bond donors (Lipinski definition) is 6. The van der Waals surface area contributed by atoms with Crippen molar-refractivity contribution in [3.05, 3.63) is 107 Å². The molecule has 4 atom stereocenters. The van der Waals surface area contributed by atoms with Crippen LogP contribution in [-0.2, 0) is 38.4 Å². The monoisotopic (exact) mass is 603 g/mol. The van der Waals surface area contributed by atoms with Gasteiger partial charge in [0.15, 0.2) is 0 Å². The molecule has 0 aliphatic carbocycles. The number of nitrogens with two attached hydrogens (primary N) is 1. The van der Waals surface area contributed by atoms with E-state index in [1.54, 1.807) is 30.5 Å². The number of H-pyrrole nitrogens is 1. The number of aromatic nitrogens is 1. The van der Waals surface area contributed by atoms with Gasteiger partial charge in [0.2, 0.25) is 17.7 Å². The largest absolute Gasteiger partial charge is 0.394 e. The highest BCUT2D eigenvalue weighted by molar-refractivity contribution is 6.30. The van der Waals surface area contributed by atoms with Gasteiger partial charge in [-0.25, -0.2) is 0 Å². The van der Waals surface area contributed by atoms with Crippen LogP contribution < -0.4 is 21.7 Å². The Bertz CT molecular complexity index is 1540. The number of nitrogens with one attached hydrogen (secondary N) is 4. The lowest BCUT2D eigenvalue weighted by Gasteiger charge is -2.25. The lowest BCUT2D eigenvalue weighted by Crippen LogP contribution is -2.58. The summed E-state index contributed by atoms with van der Waals surface area (Å²) in [5.41, 5.74) is 9.40. The zero-order chi connectivity index (χ0) is 30.8. The number of aromatic amines is 1. The number of carbonyl (C=O) groups excluding carboxylic acids is 4. The van der Waals surface area contributed by atoms with Crippen LogP contribution in [0.3, 0.4) is 0 Å². The number of carbonyl (C=O) groups is 4. The molecule has 0 saturated carbocycles. The van der Waals surface area contributed by atoms with Crippen LogP contribution in [0, 0.1) is 0 Å².